The number of aliphatic carboxylic acids is 3. The van der Waals surface area contributed by atoms with Crippen molar-refractivity contribution >= 4 is 71.4 Å². The van der Waals surface area contributed by atoms with Gasteiger partial charge in [0.1, 0.15) is 42.1 Å². The number of amides is 4. The van der Waals surface area contributed by atoms with Gasteiger partial charge in [-0.05, 0) is 106 Å². The van der Waals surface area contributed by atoms with E-state index in [0.29, 0.717) is 56.5 Å². The van der Waals surface area contributed by atoms with Crippen molar-refractivity contribution < 1.29 is 111 Å². The molecule has 0 radical (unpaired) electrons. The molecule has 0 spiro atoms. The highest BCUT2D eigenvalue weighted by molar-refractivity contribution is 5.97. The molecular formula is C76H97N7O23. The van der Waals surface area contributed by atoms with E-state index in [-0.39, 0.29) is 60.3 Å². The van der Waals surface area contributed by atoms with Crippen molar-refractivity contribution in [3.63, 3.8) is 0 Å². The largest absolute Gasteiger partial charge is 0.481 e. The molecule has 4 amide bonds. The fourth-order valence-corrected chi connectivity index (χ4v) is 15.1. The summed E-state index contributed by atoms with van der Waals surface area (Å²) in [6.45, 7) is 8.74. The molecule has 30 nitrogen and oxygen atoms in total. The number of nitrogens with zero attached hydrogens (tertiary/aromatic N) is 3. The Labute approximate surface area is 613 Å². The molecule has 574 valence electrons. The summed E-state index contributed by atoms with van der Waals surface area (Å²) in [7, 11) is 0. The number of nitrogens with one attached hydrogen (secondary N) is 4. The number of carbonyl (C=O) groups excluding carboxylic acids is 9. The average Bonchev–Trinajstić information content (AvgIpc) is 0.705. The maximum Gasteiger partial charge on any atom is 0.338 e. The number of hydrogen-bond donors (Lipinski definition) is 9. The first-order chi connectivity index (χ1) is 50.4. The maximum atomic E-state index is 16.5. The topological polar surface area (TPSA) is 440 Å². The second kappa shape index (κ2) is 36.9. The molecule has 1 aromatic heterocycles. The number of urea groups is 1. The molecular weight excluding hydrogens is 1380 g/mol. The normalized spacial score (nSPS) is 23.8. The van der Waals surface area contributed by atoms with Crippen LogP contribution in [0.3, 0.4) is 0 Å². The Hall–Kier alpha value is -9.94. The van der Waals surface area contributed by atoms with Crippen molar-refractivity contribution in [2.75, 3.05) is 13.2 Å². The lowest BCUT2D eigenvalue weighted by atomic mass is 9.44. The van der Waals surface area contributed by atoms with E-state index in [1.165, 1.54) is 26.0 Å². The first kappa shape index (κ1) is 81.7. The van der Waals surface area contributed by atoms with E-state index in [4.69, 9.17) is 33.5 Å². The average molecular weight is 1480 g/mol. The molecule has 3 fully saturated rings. The smallest absolute Gasteiger partial charge is 0.338 e. The van der Waals surface area contributed by atoms with Crippen LogP contribution in [-0.2, 0) is 84.5 Å². The lowest BCUT2D eigenvalue weighted by Crippen LogP contribution is -2.82. The minimum Gasteiger partial charge on any atom is -0.481 e. The summed E-state index contributed by atoms with van der Waals surface area (Å²) in [4.78, 5) is 160. The Kier molecular flexibility index (Phi) is 28.4. The Balaban J connectivity index is 0.883. The molecule has 2 bridgehead atoms. The summed E-state index contributed by atoms with van der Waals surface area (Å²) in [5.41, 5.74) is -7.19. The zero-order valence-electron chi connectivity index (χ0n) is 60.5. The fraction of sp³-hybridized carbons (Fsp3) is 0.553. The van der Waals surface area contributed by atoms with Crippen molar-refractivity contribution in [3.05, 3.63) is 131 Å². The van der Waals surface area contributed by atoms with E-state index in [1.54, 1.807) is 104 Å². The van der Waals surface area contributed by atoms with Gasteiger partial charge in [-0.3, -0.25) is 38.2 Å². The van der Waals surface area contributed by atoms with E-state index < -0.39 is 168 Å². The number of carboxylic acids is 3. The molecule has 3 aliphatic carbocycles. The lowest BCUT2D eigenvalue weighted by Gasteiger charge is -2.67. The summed E-state index contributed by atoms with van der Waals surface area (Å²) in [6, 6.07) is 18.7. The number of esters is 5. The number of rotatable bonds is 38. The van der Waals surface area contributed by atoms with Crippen molar-refractivity contribution in [2.45, 2.75) is 236 Å². The zero-order valence-corrected chi connectivity index (χ0v) is 60.5. The van der Waals surface area contributed by atoms with Crippen LogP contribution in [0.2, 0.25) is 0 Å². The molecule has 1 saturated heterocycles. The number of carboxylic acid groups (broad SMARTS) is 3. The van der Waals surface area contributed by atoms with Gasteiger partial charge in [0.2, 0.25) is 5.91 Å². The summed E-state index contributed by atoms with van der Waals surface area (Å²) in [5, 5.41) is 72.4. The predicted molar refractivity (Wildman–Crippen MR) is 374 cm³/mol. The van der Waals surface area contributed by atoms with Gasteiger partial charge in [-0.1, -0.05) is 124 Å². The second-order valence-electron chi connectivity index (χ2n) is 28.4. The van der Waals surface area contributed by atoms with Gasteiger partial charge in [-0.2, -0.15) is 0 Å². The van der Waals surface area contributed by atoms with Gasteiger partial charge in [-0.25, -0.2) is 24.0 Å². The third-order valence-electron chi connectivity index (χ3n) is 20.8. The summed E-state index contributed by atoms with van der Waals surface area (Å²) >= 11 is 0. The summed E-state index contributed by atoms with van der Waals surface area (Å²) in [5.74, 6) is -12.2. The molecule has 8 rings (SSSR count). The van der Waals surface area contributed by atoms with Crippen LogP contribution in [0.25, 0.3) is 0 Å². The molecule has 0 unspecified atom stereocenters. The molecule has 4 aliphatic rings. The van der Waals surface area contributed by atoms with Crippen LogP contribution in [0.1, 0.15) is 195 Å². The molecule has 9 N–H and O–H groups in total. The van der Waals surface area contributed by atoms with Gasteiger partial charge >= 0.3 is 53.8 Å². The number of aliphatic hydroxyl groups is 2. The molecule has 13 atom stereocenters. The molecule has 2 saturated carbocycles. The van der Waals surface area contributed by atoms with Gasteiger partial charge in [-0.15, -0.1) is 5.10 Å². The molecule has 106 heavy (non-hydrogen) atoms. The number of ether oxygens (including phenoxy) is 6. The zero-order chi connectivity index (χ0) is 77.1. The number of aliphatic hydroxyl groups excluding tert-OH is 1. The highest BCUT2D eigenvalue weighted by Gasteiger charge is 2.79. The van der Waals surface area contributed by atoms with Gasteiger partial charge in [0, 0.05) is 76.2 Å². The second-order valence-corrected chi connectivity index (χ2v) is 28.4. The standard InChI is InChI=1S/C76H97N7O23/c1-45-54(103-71(98)62(90)61(48-27-16-13-17-28-48)80-67(92)49-29-18-14-19-30-49)42-76(100)66(105-70(97)50-31-20-15-21-32-50)64-74(6,65(91)63(102-46(2)84)60(45)73(76,4)5)55(41-56-75(64,44-101-56)106-47(3)85)104-59(89)36-26-33-51-43-83(82-81-51)40-25-12-10-8-7-9-11-22-35-57(86)77-39-24-23-34-52(68(93)94)78-72(99)79-53(69(95)96)37-38-58(87)88/h13-21,27-32,43,52-56,61-64,66,90,100H,7-12,22-26,33-42,44H2,1-6H3,(H,77,86)(H,80,92)(H,87,88)(H,93,94)(H,95,96)(H2,78,79,99)/t52-,53-,54-,55-,56+,61-,62+,63+,64-,66-,74+,75-,76+/m0/s1. The summed E-state index contributed by atoms with van der Waals surface area (Å²) in [6.07, 6.45) is -1.57. The number of Topliss-reactive ketones (excluding diaryl/α,β-unsaturated/α-hetero) is 1. The maximum absolute atomic E-state index is 16.5. The SMILES string of the molecule is CC(=O)O[C@H]1C(=O)[C@]2(C)[C@@H](OC(=O)CCCc3cn(CCCCCCCCCCC(=O)NCCCC[C@H](NC(=O)N[C@@H](CCC(=O)O)C(=O)O)C(=O)O)nn3)C[C@H]3OC[C@@]3(OC(C)=O)[C@H]2[C@H](OC(=O)c2ccccc2)[C@]2(O)C[C@H](OC(=O)[C@H](O)[C@@H](NC(=O)c3ccccc3)c3ccccc3)C(C)=C1C2(C)C. The van der Waals surface area contributed by atoms with Crippen molar-refractivity contribution in [2.24, 2.45) is 16.7 Å². The van der Waals surface area contributed by atoms with Crippen LogP contribution in [0.4, 0.5) is 4.79 Å². The Morgan fingerprint density at radius 3 is 1.88 bits per heavy atom. The molecule has 4 aromatic rings. The first-order valence-corrected chi connectivity index (χ1v) is 36.0. The number of unbranched alkanes of at least 4 members (excludes halogenated alkanes) is 8. The van der Waals surface area contributed by atoms with Crippen LogP contribution >= 0.6 is 0 Å². The van der Waals surface area contributed by atoms with Gasteiger partial charge in [0.05, 0.1) is 35.2 Å². The quantitative estimate of drug-likeness (QED) is 0.00967. The highest BCUT2D eigenvalue weighted by atomic mass is 16.6. The minimum absolute atomic E-state index is 0.0134. The van der Waals surface area contributed by atoms with Crippen molar-refractivity contribution in [1.82, 2.24) is 36.3 Å². The van der Waals surface area contributed by atoms with Gasteiger partial charge in [0.15, 0.2) is 23.6 Å². The van der Waals surface area contributed by atoms with Gasteiger partial charge < -0.3 is 75.2 Å². The fourth-order valence-electron chi connectivity index (χ4n) is 15.1. The van der Waals surface area contributed by atoms with Crippen LogP contribution in [0.5, 0.6) is 0 Å². The van der Waals surface area contributed by atoms with Crippen LogP contribution in [0, 0.1) is 16.7 Å². The van der Waals surface area contributed by atoms with Gasteiger partial charge in [0.25, 0.3) is 5.91 Å². The predicted octanol–water partition coefficient (Wildman–Crippen LogP) is 6.77. The number of aryl methyl sites for hydroxylation is 2. The van der Waals surface area contributed by atoms with Crippen molar-refractivity contribution in [3.8, 4) is 0 Å². The third-order valence-corrected chi connectivity index (χ3v) is 20.8. The van der Waals surface area contributed by atoms with Crippen LogP contribution in [-0.4, -0.2) is 185 Å². The number of benzene rings is 3. The highest BCUT2D eigenvalue weighted by Crippen LogP contribution is 2.65. The van der Waals surface area contributed by atoms with Crippen LogP contribution in [0.15, 0.2) is 108 Å². The van der Waals surface area contributed by atoms with E-state index in [0.717, 1.165) is 58.8 Å². The Bertz CT molecular complexity index is 3830. The number of aromatic nitrogens is 3. The Morgan fingerprint density at radius 2 is 1.28 bits per heavy atom. The number of carbonyl (C=O) groups is 12. The minimum atomic E-state index is -2.52. The molecule has 30 heteroatoms. The first-order valence-electron chi connectivity index (χ1n) is 36.0. The van der Waals surface area contributed by atoms with Crippen LogP contribution < -0.4 is 21.3 Å². The van der Waals surface area contributed by atoms with E-state index >= 15 is 4.79 Å². The Morgan fingerprint density at radius 1 is 0.679 bits per heavy atom. The number of ketones is 1. The van der Waals surface area contributed by atoms with Crippen molar-refractivity contribution in [1.29, 1.82) is 0 Å². The van der Waals surface area contributed by atoms with E-state index in [9.17, 15) is 73.2 Å². The molecule has 3 aromatic carbocycles. The molecule has 1 aliphatic heterocycles. The lowest BCUT2D eigenvalue weighted by molar-refractivity contribution is -0.346. The van der Waals surface area contributed by atoms with E-state index in [2.05, 4.69) is 31.6 Å². The monoisotopic (exact) mass is 1480 g/mol. The number of hydrogen-bond acceptors (Lipinski definition) is 22. The van der Waals surface area contributed by atoms with E-state index in [1.807, 2.05) is 0 Å². The third kappa shape index (κ3) is 20.0. The summed E-state index contributed by atoms with van der Waals surface area (Å²) < 4.78 is 39.6. The number of fused-ring (bicyclic) bond motifs is 5. The molecule has 2 heterocycles.